The van der Waals surface area contributed by atoms with Crippen molar-refractivity contribution in [2.24, 2.45) is 0 Å². The monoisotopic (exact) mass is 289 g/mol. The van der Waals surface area contributed by atoms with Crippen LogP contribution in [0.25, 0.3) is 10.9 Å². The second-order valence-electron chi connectivity index (χ2n) is 4.09. The predicted octanol–water partition coefficient (Wildman–Crippen LogP) is 3.92. The summed E-state index contributed by atoms with van der Waals surface area (Å²) in [6.45, 7) is 0. The minimum Gasteiger partial charge on any atom is -0.456 e. The normalized spacial score (nSPS) is 10.7. The molecule has 0 spiro atoms. The number of nitrogens with zero attached hydrogens (tertiary/aromatic N) is 2. The van der Waals surface area contributed by atoms with Crippen LogP contribution < -0.4 is 4.74 Å². The van der Waals surface area contributed by atoms with Crippen LogP contribution in [0.3, 0.4) is 0 Å². The summed E-state index contributed by atoms with van der Waals surface area (Å²) in [6.07, 6.45) is 1.71. The predicted molar refractivity (Wildman–Crippen MR) is 74.3 cm³/mol. The molecular formula is C13H8ClN3O3. The van der Waals surface area contributed by atoms with Gasteiger partial charge in [-0.3, -0.25) is 15.2 Å². The van der Waals surface area contributed by atoms with E-state index in [0.29, 0.717) is 11.5 Å². The number of rotatable bonds is 3. The van der Waals surface area contributed by atoms with Gasteiger partial charge in [0.05, 0.1) is 21.7 Å². The number of aromatic amines is 1. The number of fused-ring (bicyclic) bond motifs is 1. The fourth-order valence-electron chi connectivity index (χ4n) is 1.79. The summed E-state index contributed by atoms with van der Waals surface area (Å²) in [4.78, 5) is 10.1. The van der Waals surface area contributed by atoms with Gasteiger partial charge in [-0.05, 0) is 18.2 Å². The van der Waals surface area contributed by atoms with Crippen LogP contribution in [0.1, 0.15) is 0 Å². The Morgan fingerprint density at radius 1 is 1.25 bits per heavy atom. The van der Waals surface area contributed by atoms with Crippen molar-refractivity contribution in [3.05, 3.63) is 57.7 Å². The number of aromatic nitrogens is 2. The second kappa shape index (κ2) is 4.82. The molecule has 1 aromatic heterocycles. The molecule has 3 rings (SSSR count). The molecule has 20 heavy (non-hydrogen) atoms. The maximum absolute atomic E-state index is 10.6. The van der Waals surface area contributed by atoms with Crippen molar-refractivity contribution in [1.82, 2.24) is 10.2 Å². The second-order valence-corrected chi connectivity index (χ2v) is 4.50. The lowest BCUT2D eigenvalue weighted by atomic mass is 10.2. The summed E-state index contributed by atoms with van der Waals surface area (Å²) in [5.41, 5.74) is 0.756. The van der Waals surface area contributed by atoms with Gasteiger partial charge in [0.25, 0.3) is 5.69 Å². The minimum atomic E-state index is -0.508. The Balaban J connectivity index is 1.92. The van der Waals surface area contributed by atoms with E-state index in [-0.39, 0.29) is 10.7 Å². The van der Waals surface area contributed by atoms with E-state index in [9.17, 15) is 10.1 Å². The zero-order valence-electron chi connectivity index (χ0n) is 10.0. The van der Waals surface area contributed by atoms with E-state index in [1.165, 1.54) is 18.2 Å². The van der Waals surface area contributed by atoms with Gasteiger partial charge >= 0.3 is 0 Å². The number of hydrogen-bond acceptors (Lipinski definition) is 4. The summed E-state index contributed by atoms with van der Waals surface area (Å²) < 4.78 is 5.62. The Labute approximate surface area is 118 Å². The third-order valence-corrected chi connectivity index (χ3v) is 3.06. The van der Waals surface area contributed by atoms with Crippen LogP contribution in [0.5, 0.6) is 11.5 Å². The zero-order valence-corrected chi connectivity index (χ0v) is 10.8. The maximum Gasteiger partial charge on any atom is 0.271 e. The lowest BCUT2D eigenvalue weighted by Crippen LogP contribution is -1.90. The molecule has 1 heterocycles. The molecule has 0 aliphatic carbocycles. The van der Waals surface area contributed by atoms with Crippen molar-refractivity contribution in [1.29, 1.82) is 0 Å². The lowest BCUT2D eigenvalue weighted by molar-refractivity contribution is -0.384. The molecule has 2 aromatic carbocycles. The molecule has 0 bridgehead atoms. The van der Waals surface area contributed by atoms with Crippen molar-refractivity contribution in [2.75, 3.05) is 0 Å². The quantitative estimate of drug-likeness (QED) is 0.585. The zero-order chi connectivity index (χ0) is 14.1. The van der Waals surface area contributed by atoms with Crippen LogP contribution in [-0.2, 0) is 0 Å². The molecular weight excluding hydrogens is 282 g/mol. The molecule has 0 saturated heterocycles. The third-order valence-electron chi connectivity index (χ3n) is 2.77. The number of nitro groups is 1. The molecule has 100 valence electrons. The number of hydrogen-bond donors (Lipinski definition) is 1. The topological polar surface area (TPSA) is 81.1 Å². The Bertz CT molecular complexity index is 800. The van der Waals surface area contributed by atoms with Crippen LogP contribution >= 0.6 is 11.6 Å². The molecule has 0 saturated carbocycles. The van der Waals surface area contributed by atoms with E-state index in [0.717, 1.165) is 10.9 Å². The van der Waals surface area contributed by atoms with E-state index in [4.69, 9.17) is 16.3 Å². The summed E-state index contributed by atoms with van der Waals surface area (Å²) in [6, 6.07) is 9.47. The van der Waals surface area contributed by atoms with E-state index in [2.05, 4.69) is 10.2 Å². The van der Waals surface area contributed by atoms with E-state index in [1.807, 2.05) is 6.07 Å². The molecule has 1 N–H and O–H groups in total. The maximum atomic E-state index is 10.6. The largest absolute Gasteiger partial charge is 0.456 e. The standard InChI is InChI=1S/C13H8ClN3O3/c14-11-5-9(17(18)19)2-4-13(11)20-10-3-1-8-7-15-16-12(8)6-10/h1-7H,(H,15,16). The van der Waals surface area contributed by atoms with Crippen molar-refractivity contribution in [2.45, 2.75) is 0 Å². The fourth-order valence-corrected chi connectivity index (χ4v) is 2.01. The first-order valence-electron chi connectivity index (χ1n) is 5.68. The van der Waals surface area contributed by atoms with Gasteiger partial charge in [-0.1, -0.05) is 11.6 Å². The molecule has 0 atom stereocenters. The Kier molecular flexibility index (Phi) is 3.00. The molecule has 0 aliphatic heterocycles. The Morgan fingerprint density at radius 3 is 2.85 bits per heavy atom. The molecule has 0 unspecified atom stereocenters. The van der Waals surface area contributed by atoms with Gasteiger partial charge in [-0.25, -0.2) is 0 Å². The number of nitrogens with one attached hydrogen (secondary N) is 1. The molecule has 6 nitrogen and oxygen atoms in total. The summed E-state index contributed by atoms with van der Waals surface area (Å²) >= 11 is 5.97. The smallest absolute Gasteiger partial charge is 0.271 e. The molecule has 0 amide bonds. The van der Waals surface area contributed by atoms with Crippen LogP contribution in [0.2, 0.25) is 5.02 Å². The number of halogens is 1. The molecule has 0 aliphatic rings. The first kappa shape index (κ1) is 12.4. The SMILES string of the molecule is O=[N+]([O-])c1ccc(Oc2ccc3cn[nH]c3c2)c(Cl)c1. The summed E-state index contributed by atoms with van der Waals surface area (Å²) in [7, 11) is 0. The van der Waals surface area contributed by atoms with E-state index >= 15 is 0 Å². The summed E-state index contributed by atoms with van der Waals surface area (Å²) in [5, 5.41) is 18.5. The van der Waals surface area contributed by atoms with Crippen molar-refractivity contribution < 1.29 is 9.66 Å². The van der Waals surface area contributed by atoms with Crippen LogP contribution in [-0.4, -0.2) is 15.1 Å². The van der Waals surface area contributed by atoms with Gasteiger partial charge in [0.2, 0.25) is 0 Å². The number of ether oxygens (including phenoxy) is 1. The van der Waals surface area contributed by atoms with Gasteiger partial charge in [-0.2, -0.15) is 5.10 Å². The first-order valence-corrected chi connectivity index (χ1v) is 6.06. The third kappa shape index (κ3) is 2.28. The molecule has 3 aromatic rings. The summed E-state index contributed by atoms with van der Waals surface area (Å²) in [5.74, 6) is 0.925. The van der Waals surface area contributed by atoms with Crippen molar-refractivity contribution in [3.63, 3.8) is 0 Å². The van der Waals surface area contributed by atoms with E-state index < -0.39 is 4.92 Å². The van der Waals surface area contributed by atoms with Crippen LogP contribution in [0, 0.1) is 10.1 Å². The molecule has 0 radical (unpaired) electrons. The number of non-ortho nitro benzene ring substituents is 1. The van der Waals surface area contributed by atoms with Gasteiger partial charge in [-0.15, -0.1) is 0 Å². The van der Waals surface area contributed by atoms with Gasteiger partial charge < -0.3 is 4.74 Å². The average molecular weight is 290 g/mol. The Hall–Kier alpha value is -2.60. The van der Waals surface area contributed by atoms with Gasteiger partial charge in [0, 0.05) is 23.6 Å². The van der Waals surface area contributed by atoms with Gasteiger partial charge in [0.15, 0.2) is 0 Å². The lowest BCUT2D eigenvalue weighted by Gasteiger charge is -2.07. The highest BCUT2D eigenvalue weighted by Gasteiger charge is 2.11. The number of H-pyrrole nitrogens is 1. The molecule has 7 heteroatoms. The van der Waals surface area contributed by atoms with Crippen molar-refractivity contribution >= 4 is 28.2 Å². The molecule has 0 fully saturated rings. The number of benzene rings is 2. The average Bonchev–Trinajstić information content (AvgIpc) is 2.88. The van der Waals surface area contributed by atoms with Crippen LogP contribution in [0.4, 0.5) is 5.69 Å². The fraction of sp³-hybridized carbons (Fsp3) is 0. The highest BCUT2D eigenvalue weighted by atomic mass is 35.5. The highest BCUT2D eigenvalue weighted by molar-refractivity contribution is 6.32. The Morgan fingerprint density at radius 2 is 2.10 bits per heavy atom. The highest BCUT2D eigenvalue weighted by Crippen LogP contribution is 2.33. The number of nitro benzene ring substituents is 1. The minimum absolute atomic E-state index is 0.0774. The van der Waals surface area contributed by atoms with E-state index in [1.54, 1.807) is 18.3 Å². The van der Waals surface area contributed by atoms with Crippen LogP contribution in [0.15, 0.2) is 42.6 Å². The van der Waals surface area contributed by atoms with Gasteiger partial charge in [0.1, 0.15) is 11.5 Å². The first-order chi connectivity index (χ1) is 9.63. The van der Waals surface area contributed by atoms with Crippen molar-refractivity contribution in [3.8, 4) is 11.5 Å².